The highest BCUT2D eigenvalue weighted by atomic mass is 35.5. The summed E-state index contributed by atoms with van der Waals surface area (Å²) < 4.78 is 5.72. The molecule has 138 valence electrons. The predicted octanol–water partition coefficient (Wildman–Crippen LogP) is 3.28. The van der Waals surface area contributed by atoms with Crippen LogP contribution in [0.4, 0.5) is 5.69 Å². The summed E-state index contributed by atoms with van der Waals surface area (Å²) in [5.41, 5.74) is 5.93. The van der Waals surface area contributed by atoms with Crippen LogP contribution in [0.1, 0.15) is 23.2 Å². The van der Waals surface area contributed by atoms with E-state index in [0.29, 0.717) is 18.2 Å². The number of benzene rings is 2. The summed E-state index contributed by atoms with van der Waals surface area (Å²) in [6.07, 6.45) is 2.16. The molecule has 7 nitrogen and oxygen atoms in total. The van der Waals surface area contributed by atoms with E-state index in [9.17, 15) is 14.9 Å². The Morgan fingerprint density at radius 2 is 1.96 bits per heavy atom. The summed E-state index contributed by atoms with van der Waals surface area (Å²) in [4.78, 5) is 23.0. The molecule has 0 aliphatic heterocycles. The Labute approximate surface area is 157 Å². The molecule has 1 aliphatic rings. The number of nitro benzene ring substituents is 1. The van der Waals surface area contributed by atoms with E-state index in [1.807, 2.05) is 6.07 Å². The number of rotatable bonds is 7. The molecule has 1 unspecified atom stereocenters. The van der Waals surface area contributed by atoms with E-state index in [-0.39, 0.29) is 35.4 Å². The van der Waals surface area contributed by atoms with Gasteiger partial charge in [-0.3, -0.25) is 14.9 Å². The van der Waals surface area contributed by atoms with Gasteiger partial charge in [-0.1, -0.05) is 18.2 Å². The van der Waals surface area contributed by atoms with E-state index in [2.05, 4.69) is 5.32 Å². The second kappa shape index (κ2) is 8.64. The number of halogens is 1. The van der Waals surface area contributed by atoms with Crippen molar-refractivity contribution < 1.29 is 14.5 Å². The molecule has 2 aromatic rings. The van der Waals surface area contributed by atoms with Crippen molar-refractivity contribution in [1.82, 2.24) is 5.32 Å². The largest absolute Gasteiger partial charge is 0.457 e. The van der Waals surface area contributed by atoms with Gasteiger partial charge in [0, 0.05) is 24.7 Å². The lowest BCUT2D eigenvalue weighted by molar-refractivity contribution is -0.384. The van der Waals surface area contributed by atoms with Crippen molar-refractivity contribution in [3.05, 3.63) is 64.2 Å². The molecule has 1 atom stereocenters. The monoisotopic (exact) mass is 377 g/mol. The lowest BCUT2D eigenvalue weighted by Crippen LogP contribution is -2.38. The van der Waals surface area contributed by atoms with E-state index in [4.69, 9.17) is 10.5 Å². The van der Waals surface area contributed by atoms with E-state index >= 15 is 0 Å². The number of carbonyl (C=O) groups is 1. The Morgan fingerprint density at radius 1 is 1.27 bits per heavy atom. The van der Waals surface area contributed by atoms with Gasteiger partial charge >= 0.3 is 0 Å². The van der Waals surface area contributed by atoms with Gasteiger partial charge in [-0.15, -0.1) is 12.4 Å². The fourth-order valence-corrected chi connectivity index (χ4v) is 2.51. The Morgan fingerprint density at radius 3 is 2.58 bits per heavy atom. The van der Waals surface area contributed by atoms with Crippen molar-refractivity contribution >= 4 is 24.0 Å². The molecule has 1 aliphatic carbocycles. The predicted molar refractivity (Wildman–Crippen MR) is 99.9 cm³/mol. The SMILES string of the molecule is Cl.NC(CNC(=O)c1cc([N+](=O)[O-])ccc1Oc1ccccc1)C1CC1. The molecule has 0 spiro atoms. The molecule has 1 fully saturated rings. The van der Waals surface area contributed by atoms with E-state index in [0.717, 1.165) is 12.8 Å². The maximum Gasteiger partial charge on any atom is 0.270 e. The van der Waals surface area contributed by atoms with Crippen molar-refractivity contribution in [2.24, 2.45) is 11.7 Å². The van der Waals surface area contributed by atoms with Crippen molar-refractivity contribution in [3.8, 4) is 11.5 Å². The van der Waals surface area contributed by atoms with Gasteiger partial charge in [0.2, 0.25) is 0 Å². The van der Waals surface area contributed by atoms with E-state index in [1.165, 1.54) is 18.2 Å². The number of nitrogens with one attached hydrogen (secondary N) is 1. The number of amides is 1. The molecular formula is C18H20ClN3O4. The summed E-state index contributed by atoms with van der Waals surface area (Å²) >= 11 is 0. The van der Waals surface area contributed by atoms with Gasteiger partial charge in [0.05, 0.1) is 10.5 Å². The summed E-state index contributed by atoms with van der Waals surface area (Å²) in [5, 5.41) is 13.8. The van der Waals surface area contributed by atoms with Gasteiger partial charge in [0.15, 0.2) is 0 Å². The average Bonchev–Trinajstić information content (AvgIpc) is 3.45. The number of non-ortho nitro benzene ring substituents is 1. The maximum atomic E-state index is 12.5. The fraction of sp³-hybridized carbons (Fsp3) is 0.278. The van der Waals surface area contributed by atoms with Crippen molar-refractivity contribution in [2.75, 3.05) is 6.54 Å². The Hall–Kier alpha value is -2.64. The van der Waals surface area contributed by atoms with Crippen LogP contribution in [-0.2, 0) is 0 Å². The first kappa shape index (κ1) is 19.7. The number of nitrogens with two attached hydrogens (primary N) is 1. The molecule has 2 aromatic carbocycles. The zero-order valence-corrected chi connectivity index (χ0v) is 14.8. The average molecular weight is 378 g/mol. The zero-order chi connectivity index (χ0) is 17.8. The molecule has 0 aromatic heterocycles. The van der Waals surface area contributed by atoms with Crippen LogP contribution in [0.15, 0.2) is 48.5 Å². The van der Waals surface area contributed by atoms with Gasteiger partial charge in [-0.2, -0.15) is 0 Å². The Bertz CT molecular complexity index is 781. The van der Waals surface area contributed by atoms with Gasteiger partial charge in [-0.05, 0) is 37.0 Å². The number of nitrogens with zero attached hydrogens (tertiary/aromatic N) is 1. The van der Waals surface area contributed by atoms with Crippen LogP contribution < -0.4 is 15.8 Å². The number of carbonyl (C=O) groups excluding carboxylic acids is 1. The third-order valence-electron chi connectivity index (χ3n) is 4.12. The molecule has 0 heterocycles. The third kappa shape index (κ3) is 4.93. The molecule has 0 radical (unpaired) electrons. The molecule has 3 N–H and O–H groups in total. The third-order valence-corrected chi connectivity index (χ3v) is 4.12. The van der Waals surface area contributed by atoms with Crippen LogP contribution in [0, 0.1) is 16.0 Å². The molecular weight excluding hydrogens is 358 g/mol. The van der Waals surface area contributed by atoms with Gasteiger partial charge < -0.3 is 15.8 Å². The molecule has 1 amide bonds. The lowest BCUT2D eigenvalue weighted by Gasteiger charge is -2.14. The minimum absolute atomic E-state index is 0. The smallest absolute Gasteiger partial charge is 0.270 e. The minimum atomic E-state index is -0.543. The van der Waals surface area contributed by atoms with Crippen LogP contribution in [0.2, 0.25) is 0 Å². The standard InChI is InChI=1S/C18H19N3O4.ClH/c19-16(12-6-7-12)11-20-18(22)15-10-13(21(23)24)8-9-17(15)25-14-4-2-1-3-5-14;/h1-5,8-10,12,16H,6-7,11,19H2,(H,20,22);1H. The minimum Gasteiger partial charge on any atom is -0.457 e. The normalized spacial score (nSPS) is 14.0. The summed E-state index contributed by atoms with van der Waals surface area (Å²) in [7, 11) is 0. The molecule has 8 heteroatoms. The number of nitro groups is 1. The first-order valence-corrected chi connectivity index (χ1v) is 8.09. The molecule has 26 heavy (non-hydrogen) atoms. The zero-order valence-electron chi connectivity index (χ0n) is 14.0. The highest BCUT2D eigenvalue weighted by molar-refractivity contribution is 5.97. The van der Waals surface area contributed by atoms with Crippen LogP contribution in [0.3, 0.4) is 0 Å². The Kier molecular flexibility index (Phi) is 6.54. The van der Waals surface area contributed by atoms with Crippen LogP contribution in [-0.4, -0.2) is 23.4 Å². The van der Waals surface area contributed by atoms with Gasteiger partial charge in [0.1, 0.15) is 11.5 Å². The Balaban J connectivity index is 0.00000243. The first-order valence-electron chi connectivity index (χ1n) is 8.09. The van der Waals surface area contributed by atoms with Crippen LogP contribution in [0.5, 0.6) is 11.5 Å². The van der Waals surface area contributed by atoms with Gasteiger partial charge in [-0.25, -0.2) is 0 Å². The highest BCUT2D eigenvalue weighted by Gasteiger charge is 2.29. The first-order chi connectivity index (χ1) is 12.0. The van der Waals surface area contributed by atoms with E-state index in [1.54, 1.807) is 24.3 Å². The van der Waals surface area contributed by atoms with Crippen molar-refractivity contribution in [2.45, 2.75) is 18.9 Å². The second-order valence-corrected chi connectivity index (χ2v) is 6.06. The number of ether oxygens (including phenoxy) is 1. The molecule has 1 saturated carbocycles. The molecule has 0 saturated heterocycles. The van der Waals surface area contributed by atoms with Crippen LogP contribution in [0.25, 0.3) is 0 Å². The number of hydrogen-bond donors (Lipinski definition) is 2. The summed E-state index contributed by atoms with van der Waals surface area (Å²) in [6, 6.07) is 12.8. The molecule has 3 rings (SSSR count). The van der Waals surface area contributed by atoms with Gasteiger partial charge in [0.25, 0.3) is 11.6 Å². The quantitative estimate of drug-likeness (QED) is 0.568. The second-order valence-electron chi connectivity index (χ2n) is 6.06. The molecule has 0 bridgehead atoms. The highest BCUT2D eigenvalue weighted by Crippen LogP contribution is 2.31. The van der Waals surface area contributed by atoms with Crippen molar-refractivity contribution in [1.29, 1.82) is 0 Å². The summed E-state index contributed by atoms with van der Waals surface area (Å²) in [5.74, 6) is 0.811. The van der Waals surface area contributed by atoms with Crippen molar-refractivity contribution in [3.63, 3.8) is 0 Å². The summed E-state index contributed by atoms with van der Waals surface area (Å²) in [6.45, 7) is 0.330. The lowest BCUT2D eigenvalue weighted by atomic mass is 10.1. The maximum absolute atomic E-state index is 12.5. The number of para-hydroxylation sites is 1. The number of hydrogen-bond acceptors (Lipinski definition) is 5. The topological polar surface area (TPSA) is 107 Å². The van der Waals surface area contributed by atoms with E-state index < -0.39 is 10.8 Å². The fourth-order valence-electron chi connectivity index (χ4n) is 2.51. The van der Waals surface area contributed by atoms with Crippen LogP contribution >= 0.6 is 12.4 Å².